The smallest absolute Gasteiger partial charge is 0.315 e. The fourth-order valence-electron chi connectivity index (χ4n) is 4.46. The van der Waals surface area contributed by atoms with Gasteiger partial charge in [0.1, 0.15) is 12.4 Å². The molecular formula is C31H35N5O2. The third kappa shape index (κ3) is 5.94. The molecule has 7 heteroatoms. The van der Waals surface area contributed by atoms with Crippen molar-refractivity contribution in [1.82, 2.24) is 14.7 Å². The van der Waals surface area contributed by atoms with Gasteiger partial charge in [-0.05, 0) is 74.6 Å². The van der Waals surface area contributed by atoms with E-state index in [1.54, 1.807) is 4.68 Å². The lowest BCUT2D eigenvalue weighted by atomic mass is 10.1. The SMILES string of the molecule is CCCN(CC(=O)Nc1c(-c2ccccc2)c(C)nn1-c1ccccc1C)C(=O)Nc1ccc(C)c(C)c1. The van der Waals surface area contributed by atoms with Crippen LogP contribution >= 0.6 is 0 Å². The van der Waals surface area contributed by atoms with Gasteiger partial charge in [0.05, 0.1) is 11.4 Å². The van der Waals surface area contributed by atoms with E-state index in [2.05, 4.69) is 10.6 Å². The van der Waals surface area contributed by atoms with E-state index in [9.17, 15) is 9.59 Å². The van der Waals surface area contributed by atoms with Crippen LogP contribution in [0, 0.1) is 27.7 Å². The molecule has 7 nitrogen and oxygen atoms in total. The van der Waals surface area contributed by atoms with Gasteiger partial charge in [-0.15, -0.1) is 0 Å². The number of carbonyl (C=O) groups excluding carboxylic acids is 2. The van der Waals surface area contributed by atoms with Crippen molar-refractivity contribution in [2.45, 2.75) is 41.0 Å². The summed E-state index contributed by atoms with van der Waals surface area (Å²) >= 11 is 0. The fraction of sp³-hybridized carbons (Fsp3) is 0.258. The summed E-state index contributed by atoms with van der Waals surface area (Å²) in [5.41, 5.74) is 7.48. The third-order valence-corrected chi connectivity index (χ3v) is 6.60. The molecule has 2 N–H and O–H groups in total. The summed E-state index contributed by atoms with van der Waals surface area (Å²) < 4.78 is 1.78. The van der Waals surface area contributed by atoms with Gasteiger partial charge in [0.2, 0.25) is 5.91 Å². The van der Waals surface area contributed by atoms with E-state index >= 15 is 0 Å². The highest BCUT2D eigenvalue weighted by molar-refractivity contribution is 5.99. The molecule has 0 spiro atoms. The van der Waals surface area contributed by atoms with E-state index in [0.29, 0.717) is 18.1 Å². The number of hydrogen-bond acceptors (Lipinski definition) is 3. The molecule has 3 amide bonds. The molecule has 3 aromatic carbocycles. The number of para-hydroxylation sites is 1. The van der Waals surface area contributed by atoms with E-state index in [4.69, 9.17) is 5.10 Å². The molecule has 0 saturated carbocycles. The number of benzene rings is 3. The highest BCUT2D eigenvalue weighted by Crippen LogP contribution is 2.34. The average Bonchev–Trinajstić information content (AvgIpc) is 3.21. The quantitative estimate of drug-likeness (QED) is 0.279. The van der Waals surface area contributed by atoms with Gasteiger partial charge in [-0.25, -0.2) is 9.48 Å². The van der Waals surface area contributed by atoms with E-state index in [1.165, 1.54) is 4.90 Å². The molecule has 1 aromatic heterocycles. The summed E-state index contributed by atoms with van der Waals surface area (Å²) in [6.07, 6.45) is 0.725. The van der Waals surface area contributed by atoms with Crippen molar-refractivity contribution in [2.24, 2.45) is 0 Å². The first-order valence-electron chi connectivity index (χ1n) is 12.9. The van der Waals surface area contributed by atoms with Crippen LogP contribution in [0.4, 0.5) is 16.3 Å². The number of anilines is 2. The van der Waals surface area contributed by atoms with Crippen LogP contribution in [0.25, 0.3) is 16.8 Å². The number of rotatable bonds is 8. The molecule has 38 heavy (non-hydrogen) atoms. The minimum absolute atomic E-state index is 0.0866. The number of aryl methyl sites for hydroxylation is 4. The zero-order chi connectivity index (χ0) is 27.2. The Hall–Kier alpha value is -4.39. The van der Waals surface area contributed by atoms with Crippen molar-refractivity contribution in [2.75, 3.05) is 23.7 Å². The van der Waals surface area contributed by atoms with E-state index in [0.717, 1.165) is 45.6 Å². The number of hydrogen-bond donors (Lipinski definition) is 2. The molecule has 196 valence electrons. The Morgan fingerprint density at radius 3 is 2.24 bits per heavy atom. The predicted octanol–water partition coefficient (Wildman–Crippen LogP) is 6.66. The first-order chi connectivity index (χ1) is 18.3. The molecule has 1 heterocycles. The lowest BCUT2D eigenvalue weighted by molar-refractivity contribution is -0.116. The van der Waals surface area contributed by atoms with Gasteiger partial charge in [0.15, 0.2) is 0 Å². The average molecular weight is 510 g/mol. The molecule has 0 bridgehead atoms. The topological polar surface area (TPSA) is 79.3 Å². The second-order valence-electron chi connectivity index (χ2n) is 9.57. The Morgan fingerprint density at radius 1 is 0.842 bits per heavy atom. The number of nitrogens with zero attached hydrogens (tertiary/aromatic N) is 3. The summed E-state index contributed by atoms with van der Waals surface area (Å²) in [6.45, 7) is 10.3. The minimum Gasteiger partial charge on any atom is -0.315 e. The van der Waals surface area contributed by atoms with Gasteiger partial charge in [0.25, 0.3) is 0 Å². The number of carbonyl (C=O) groups is 2. The second-order valence-corrected chi connectivity index (χ2v) is 9.57. The molecule has 0 aliphatic heterocycles. The number of nitrogens with one attached hydrogen (secondary N) is 2. The molecule has 0 unspecified atom stereocenters. The largest absolute Gasteiger partial charge is 0.322 e. The second kappa shape index (κ2) is 11.8. The van der Waals surface area contributed by atoms with Gasteiger partial charge in [-0.1, -0.05) is 61.5 Å². The zero-order valence-corrected chi connectivity index (χ0v) is 22.7. The summed E-state index contributed by atoms with van der Waals surface area (Å²) in [5.74, 6) is 0.291. The molecule has 0 atom stereocenters. The van der Waals surface area contributed by atoms with Crippen molar-refractivity contribution in [3.63, 3.8) is 0 Å². The summed E-state index contributed by atoms with van der Waals surface area (Å²) in [4.78, 5) is 28.1. The van der Waals surface area contributed by atoms with Crippen LogP contribution in [0.5, 0.6) is 0 Å². The Kier molecular flexibility index (Phi) is 8.26. The van der Waals surface area contributed by atoms with Crippen LogP contribution in [-0.2, 0) is 4.79 Å². The fourth-order valence-corrected chi connectivity index (χ4v) is 4.46. The maximum Gasteiger partial charge on any atom is 0.322 e. The molecule has 0 radical (unpaired) electrons. The molecule has 0 aliphatic carbocycles. The van der Waals surface area contributed by atoms with Gasteiger partial charge in [-0.3, -0.25) is 4.79 Å². The zero-order valence-electron chi connectivity index (χ0n) is 22.7. The van der Waals surface area contributed by atoms with E-state index in [-0.39, 0.29) is 18.5 Å². The van der Waals surface area contributed by atoms with Crippen LogP contribution < -0.4 is 10.6 Å². The number of aromatic nitrogens is 2. The summed E-state index contributed by atoms with van der Waals surface area (Å²) in [5, 5.41) is 10.8. The van der Waals surface area contributed by atoms with Gasteiger partial charge in [0, 0.05) is 17.8 Å². The molecule has 0 saturated heterocycles. The van der Waals surface area contributed by atoms with Crippen molar-refractivity contribution in [3.8, 4) is 16.8 Å². The molecular weight excluding hydrogens is 474 g/mol. The molecule has 4 rings (SSSR count). The van der Waals surface area contributed by atoms with Gasteiger partial charge >= 0.3 is 6.03 Å². The van der Waals surface area contributed by atoms with Gasteiger partial charge in [-0.2, -0.15) is 5.10 Å². The Morgan fingerprint density at radius 2 is 1.55 bits per heavy atom. The molecule has 4 aromatic rings. The number of amides is 3. The van der Waals surface area contributed by atoms with Crippen molar-refractivity contribution in [1.29, 1.82) is 0 Å². The summed E-state index contributed by atoms with van der Waals surface area (Å²) in [6, 6.07) is 23.3. The van der Waals surface area contributed by atoms with Crippen LogP contribution in [0.3, 0.4) is 0 Å². The maximum absolute atomic E-state index is 13.4. The Bertz CT molecular complexity index is 1440. The minimum atomic E-state index is -0.308. The normalized spacial score (nSPS) is 10.8. The van der Waals surface area contributed by atoms with Crippen molar-refractivity contribution in [3.05, 3.63) is 95.2 Å². The van der Waals surface area contributed by atoms with Gasteiger partial charge < -0.3 is 15.5 Å². The Balaban J connectivity index is 1.63. The number of urea groups is 1. The van der Waals surface area contributed by atoms with Crippen molar-refractivity contribution >= 4 is 23.4 Å². The van der Waals surface area contributed by atoms with Crippen molar-refractivity contribution < 1.29 is 9.59 Å². The maximum atomic E-state index is 13.4. The lowest BCUT2D eigenvalue weighted by Gasteiger charge is -2.23. The van der Waals surface area contributed by atoms with Crippen LogP contribution in [0.1, 0.15) is 35.7 Å². The summed E-state index contributed by atoms with van der Waals surface area (Å²) in [7, 11) is 0. The first kappa shape index (κ1) is 26.7. The standard InChI is InChI=1S/C31H35N5O2/c1-6-18-35(31(38)32-26-17-16-21(2)23(4)19-26)20-28(37)33-30-29(25-13-8-7-9-14-25)24(5)34-36(30)27-15-11-10-12-22(27)3/h7-17,19H,6,18,20H2,1-5H3,(H,32,38)(H,33,37). The third-order valence-electron chi connectivity index (χ3n) is 6.60. The van der Waals surface area contributed by atoms with E-state index < -0.39 is 0 Å². The molecule has 0 fully saturated rings. The highest BCUT2D eigenvalue weighted by atomic mass is 16.2. The molecule has 0 aliphatic rings. The monoisotopic (exact) mass is 509 g/mol. The van der Waals surface area contributed by atoms with E-state index in [1.807, 2.05) is 107 Å². The Labute approximate surface area is 224 Å². The first-order valence-corrected chi connectivity index (χ1v) is 12.9. The van der Waals surface area contributed by atoms with Crippen LogP contribution in [0.2, 0.25) is 0 Å². The lowest BCUT2D eigenvalue weighted by Crippen LogP contribution is -2.41. The van der Waals surface area contributed by atoms with Crippen LogP contribution in [0.15, 0.2) is 72.8 Å². The van der Waals surface area contributed by atoms with Crippen LogP contribution in [-0.4, -0.2) is 39.7 Å². The highest BCUT2D eigenvalue weighted by Gasteiger charge is 2.23. The predicted molar refractivity (Wildman–Crippen MR) is 154 cm³/mol.